The van der Waals surface area contributed by atoms with Crippen molar-refractivity contribution >= 4 is 28.7 Å². The molecule has 0 saturated carbocycles. The number of nitrogens with zero attached hydrogens (tertiary/aromatic N) is 2. The number of rotatable bonds is 4. The van der Waals surface area contributed by atoms with E-state index < -0.39 is 4.92 Å². The van der Waals surface area contributed by atoms with E-state index in [1.807, 2.05) is 43.5 Å². The van der Waals surface area contributed by atoms with Crippen LogP contribution in [-0.4, -0.2) is 4.92 Å². The molecule has 0 atom stereocenters. The van der Waals surface area contributed by atoms with Gasteiger partial charge >= 0.3 is 0 Å². The molecule has 0 aliphatic heterocycles. The van der Waals surface area contributed by atoms with E-state index >= 15 is 0 Å². The Morgan fingerprint density at radius 3 is 2.38 bits per heavy atom. The molecule has 4 nitrogen and oxygen atoms in total. The number of aryl methyl sites for hydroxylation is 1. The van der Waals surface area contributed by atoms with E-state index in [4.69, 9.17) is 0 Å². The SMILES string of the molecule is C[n+]1c(C=CC=Cc2ccc([N+](=O)[O-])cc2)ccc2ccccc21. The number of fused-ring (bicyclic) bond motifs is 1. The van der Waals surface area contributed by atoms with E-state index in [-0.39, 0.29) is 5.69 Å². The fourth-order valence-electron chi connectivity index (χ4n) is 2.56. The molecule has 24 heavy (non-hydrogen) atoms. The quantitative estimate of drug-likeness (QED) is 0.312. The fraction of sp³-hybridized carbons (Fsp3) is 0.0500. The zero-order valence-electron chi connectivity index (χ0n) is 13.3. The Bertz CT molecular complexity index is 942. The van der Waals surface area contributed by atoms with Crippen LogP contribution >= 0.6 is 0 Å². The summed E-state index contributed by atoms with van der Waals surface area (Å²) >= 11 is 0. The summed E-state index contributed by atoms with van der Waals surface area (Å²) in [5, 5.41) is 11.8. The maximum atomic E-state index is 10.6. The van der Waals surface area contributed by atoms with Crippen molar-refractivity contribution in [3.05, 3.63) is 94.2 Å². The van der Waals surface area contributed by atoms with Gasteiger partial charge in [-0.3, -0.25) is 10.1 Å². The first-order valence-electron chi connectivity index (χ1n) is 7.62. The number of allylic oxidation sites excluding steroid dienone is 2. The molecular formula is C20H17N2O2+. The van der Waals surface area contributed by atoms with Crippen molar-refractivity contribution in [2.24, 2.45) is 7.05 Å². The highest BCUT2D eigenvalue weighted by Crippen LogP contribution is 2.13. The van der Waals surface area contributed by atoms with Crippen LogP contribution in [0.1, 0.15) is 11.3 Å². The van der Waals surface area contributed by atoms with Gasteiger partial charge in [0.05, 0.1) is 4.92 Å². The number of benzene rings is 2. The van der Waals surface area contributed by atoms with Crippen LogP contribution in [-0.2, 0) is 7.05 Å². The number of non-ortho nitro benzene ring substituents is 1. The lowest BCUT2D eigenvalue weighted by molar-refractivity contribution is -0.646. The second-order valence-electron chi connectivity index (χ2n) is 5.44. The van der Waals surface area contributed by atoms with Gasteiger partial charge in [-0.05, 0) is 29.8 Å². The van der Waals surface area contributed by atoms with Gasteiger partial charge in [0.25, 0.3) is 5.69 Å². The van der Waals surface area contributed by atoms with Crippen LogP contribution in [0.4, 0.5) is 5.69 Å². The molecule has 0 unspecified atom stereocenters. The highest BCUT2D eigenvalue weighted by molar-refractivity contribution is 5.76. The van der Waals surface area contributed by atoms with Crippen molar-refractivity contribution in [1.29, 1.82) is 0 Å². The average molecular weight is 317 g/mol. The van der Waals surface area contributed by atoms with Gasteiger partial charge in [-0.2, -0.15) is 4.57 Å². The number of para-hydroxylation sites is 1. The Balaban J connectivity index is 1.76. The molecule has 0 fully saturated rings. The van der Waals surface area contributed by atoms with Gasteiger partial charge in [0.1, 0.15) is 7.05 Å². The standard InChI is InChI=1S/C20H17N2O2/c1-21-18(15-12-17-7-3-5-9-20(17)21)8-4-2-6-16-10-13-19(14-11-16)22(23)24/h2-15H,1H3/q+1. The Morgan fingerprint density at radius 2 is 1.62 bits per heavy atom. The zero-order chi connectivity index (χ0) is 16.9. The molecule has 4 heteroatoms. The monoisotopic (exact) mass is 317 g/mol. The topological polar surface area (TPSA) is 47.0 Å². The third-order valence-electron chi connectivity index (χ3n) is 3.89. The molecule has 1 aromatic heterocycles. The Labute approximate surface area is 140 Å². The van der Waals surface area contributed by atoms with Crippen molar-refractivity contribution in [3.63, 3.8) is 0 Å². The third kappa shape index (κ3) is 3.38. The summed E-state index contributed by atoms with van der Waals surface area (Å²) in [5.41, 5.74) is 3.31. The van der Waals surface area contributed by atoms with E-state index in [1.54, 1.807) is 12.1 Å². The minimum Gasteiger partial charge on any atom is -0.258 e. The molecular weight excluding hydrogens is 300 g/mol. The van der Waals surface area contributed by atoms with Gasteiger partial charge in [-0.1, -0.05) is 30.4 Å². The summed E-state index contributed by atoms with van der Waals surface area (Å²) in [4.78, 5) is 10.2. The molecule has 0 saturated heterocycles. The lowest BCUT2D eigenvalue weighted by Gasteiger charge is -1.99. The average Bonchev–Trinajstić information content (AvgIpc) is 2.61. The molecule has 0 aliphatic carbocycles. The number of nitro groups is 1. The van der Waals surface area contributed by atoms with Crippen molar-refractivity contribution in [2.45, 2.75) is 0 Å². The van der Waals surface area contributed by atoms with E-state index in [9.17, 15) is 10.1 Å². The minimum atomic E-state index is -0.396. The Hall–Kier alpha value is -3.27. The lowest BCUT2D eigenvalue weighted by Crippen LogP contribution is -2.32. The molecule has 0 amide bonds. The summed E-state index contributed by atoms with van der Waals surface area (Å²) in [6, 6.07) is 18.9. The van der Waals surface area contributed by atoms with Gasteiger partial charge in [0, 0.05) is 35.7 Å². The first-order valence-corrected chi connectivity index (χ1v) is 7.62. The highest BCUT2D eigenvalue weighted by Gasteiger charge is 2.07. The summed E-state index contributed by atoms with van der Waals surface area (Å²) in [7, 11) is 2.04. The molecule has 2 aromatic carbocycles. The Kier molecular flexibility index (Phi) is 4.47. The van der Waals surface area contributed by atoms with Gasteiger partial charge in [-0.25, -0.2) is 0 Å². The van der Waals surface area contributed by atoms with Crippen LogP contribution in [0, 0.1) is 10.1 Å². The number of aromatic nitrogens is 1. The summed E-state index contributed by atoms with van der Waals surface area (Å²) in [6.07, 6.45) is 7.84. The van der Waals surface area contributed by atoms with Crippen LogP contribution in [0.15, 0.2) is 72.8 Å². The highest BCUT2D eigenvalue weighted by atomic mass is 16.6. The molecule has 0 aliphatic rings. The molecule has 3 aromatic rings. The van der Waals surface area contributed by atoms with Crippen molar-refractivity contribution < 1.29 is 9.49 Å². The zero-order valence-corrected chi connectivity index (χ0v) is 13.3. The second kappa shape index (κ2) is 6.87. The van der Waals surface area contributed by atoms with Crippen molar-refractivity contribution in [3.8, 4) is 0 Å². The maximum Gasteiger partial charge on any atom is 0.269 e. The van der Waals surface area contributed by atoms with E-state index in [0.29, 0.717) is 0 Å². The maximum absolute atomic E-state index is 10.6. The first kappa shape index (κ1) is 15.6. The molecule has 118 valence electrons. The number of nitro benzene ring substituents is 1. The third-order valence-corrected chi connectivity index (χ3v) is 3.89. The van der Waals surface area contributed by atoms with Crippen molar-refractivity contribution in [1.82, 2.24) is 0 Å². The van der Waals surface area contributed by atoms with Gasteiger partial charge in [0.15, 0.2) is 0 Å². The predicted molar refractivity (Wildman–Crippen MR) is 96.3 cm³/mol. The first-order chi connectivity index (χ1) is 11.6. The predicted octanol–water partition coefficient (Wildman–Crippen LogP) is 4.30. The van der Waals surface area contributed by atoms with E-state index in [0.717, 1.165) is 11.3 Å². The fourth-order valence-corrected chi connectivity index (χ4v) is 2.56. The number of hydrogen-bond donors (Lipinski definition) is 0. The van der Waals surface area contributed by atoms with E-state index in [2.05, 4.69) is 28.8 Å². The van der Waals surface area contributed by atoms with Crippen molar-refractivity contribution in [2.75, 3.05) is 0 Å². The smallest absolute Gasteiger partial charge is 0.258 e. The van der Waals surface area contributed by atoms with E-state index in [1.165, 1.54) is 23.0 Å². The summed E-state index contributed by atoms with van der Waals surface area (Å²) in [5.74, 6) is 0. The van der Waals surface area contributed by atoms with Crippen LogP contribution in [0.2, 0.25) is 0 Å². The lowest BCUT2D eigenvalue weighted by atomic mass is 10.1. The summed E-state index contributed by atoms with van der Waals surface area (Å²) < 4.78 is 2.14. The normalized spacial score (nSPS) is 11.5. The number of pyridine rings is 1. The Morgan fingerprint density at radius 1 is 0.917 bits per heavy atom. The van der Waals surface area contributed by atoms with Gasteiger partial charge < -0.3 is 0 Å². The molecule has 0 N–H and O–H groups in total. The van der Waals surface area contributed by atoms with Crippen LogP contribution in [0.25, 0.3) is 23.1 Å². The second-order valence-corrected chi connectivity index (χ2v) is 5.44. The van der Waals surface area contributed by atoms with Gasteiger partial charge in [0.2, 0.25) is 11.2 Å². The molecule has 0 radical (unpaired) electrons. The molecule has 1 heterocycles. The van der Waals surface area contributed by atoms with Crippen LogP contribution in [0.5, 0.6) is 0 Å². The van der Waals surface area contributed by atoms with Gasteiger partial charge in [-0.15, -0.1) is 0 Å². The molecule has 0 bridgehead atoms. The van der Waals surface area contributed by atoms with Crippen LogP contribution in [0.3, 0.4) is 0 Å². The molecule has 3 rings (SSSR count). The minimum absolute atomic E-state index is 0.103. The van der Waals surface area contributed by atoms with Crippen LogP contribution < -0.4 is 4.57 Å². The molecule has 0 spiro atoms. The summed E-state index contributed by atoms with van der Waals surface area (Å²) in [6.45, 7) is 0. The number of hydrogen-bond acceptors (Lipinski definition) is 2. The largest absolute Gasteiger partial charge is 0.269 e.